The average Bonchev–Trinajstić information content (AvgIpc) is 2.30. The third-order valence-corrected chi connectivity index (χ3v) is 3.27. The van der Waals surface area contributed by atoms with E-state index in [-0.39, 0.29) is 0 Å². The molecule has 0 aromatic heterocycles. The summed E-state index contributed by atoms with van der Waals surface area (Å²) in [7, 11) is 0. The minimum Gasteiger partial charge on any atom is -0.380 e. The first kappa shape index (κ1) is 13.9. The number of nitrogens with one attached hydrogen (secondary N) is 1. The van der Waals surface area contributed by atoms with Gasteiger partial charge in [0.2, 0.25) is 0 Å². The molecule has 2 atom stereocenters. The predicted octanol–water partition coefficient (Wildman–Crippen LogP) is 2.21. The van der Waals surface area contributed by atoms with Crippen molar-refractivity contribution < 1.29 is 9.47 Å². The lowest BCUT2D eigenvalue weighted by molar-refractivity contribution is -0.00353. The van der Waals surface area contributed by atoms with E-state index < -0.39 is 0 Å². The van der Waals surface area contributed by atoms with Crippen LogP contribution in [0.4, 0.5) is 0 Å². The Bertz CT molecular complexity index is 164. The van der Waals surface area contributed by atoms with Gasteiger partial charge in [0.1, 0.15) is 0 Å². The second-order valence-corrected chi connectivity index (χ2v) is 4.62. The lowest BCUT2D eigenvalue weighted by Gasteiger charge is -2.28. The molecule has 1 aliphatic rings. The molecule has 1 fully saturated rings. The summed E-state index contributed by atoms with van der Waals surface area (Å²) in [5.74, 6) is 0.747. The largest absolute Gasteiger partial charge is 0.380 e. The highest BCUT2D eigenvalue weighted by molar-refractivity contribution is 4.72. The van der Waals surface area contributed by atoms with Gasteiger partial charge < -0.3 is 14.8 Å². The fourth-order valence-corrected chi connectivity index (χ4v) is 2.23. The predicted molar refractivity (Wildman–Crippen MR) is 66.7 cm³/mol. The van der Waals surface area contributed by atoms with Crippen LogP contribution in [0.15, 0.2) is 0 Å². The molecule has 3 nitrogen and oxygen atoms in total. The van der Waals surface area contributed by atoms with Crippen LogP contribution in [0, 0.1) is 5.92 Å². The molecule has 16 heavy (non-hydrogen) atoms. The van der Waals surface area contributed by atoms with E-state index in [1.54, 1.807) is 0 Å². The van der Waals surface area contributed by atoms with Crippen LogP contribution in [-0.2, 0) is 9.47 Å². The van der Waals surface area contributed by atoms with E-state index in [1.165, 1.54) is 25.7 Å². The van der Waals surface area contributed by atoms with Crippen LogP contribution in [0.5, 0.6) is 0 Å². The molecular formula is C13H27NO2. The fourth-order valence-electron chi connectivity index (χ4n) is 2.23. The normalized spacial score (nSPS) is 25.9. The standard InChI is InChI=1S/C13H27NO2/c1-3-15-10-8-14-9-11-16-13-7-5-4-6-12(13)2/h12-14H,3-11H2,1-2H3. The lowest BCUT2D eigenvalue weighted by Crippen LogP contribution is -2.30. The fraction of sp³-hybridized carbons (Fsp3) is 1.00. The summed E-state index contributed by atoms with van der Waals surface area (Å²) in [5, 5.41) is 3.32. The molecule has 0 aromatic rings. The Kier molecular flexibility index (Phi) is 7.81. The Morgan fingerprint density at radius 2 is 1.88 bits per heavy atom. The summed E-state index contributed by atoms with van der Waals surface area (Å²) < 4.78 is 11.1. The van der Waals surface area contributed by atoms with Gasteiger partial charge in [0.25, 0.3) is 0 Å². The Morgan fingerprint density at radius 1 is 1.12 bits per heavy atom. The van der Waals surface area contributed by atoms with Gasteiger partial charge in [-0.05, 0) is 25.7 Å². The molecule has 0 spiro atoms. The van der Waals surface area contributed by atoms with Crippen molar-refractivity contribution in [2.75, 3.05) is 32.9 Å². The topological polar surface area (TPSA) is 30.5 Å². The summed E-state index contributed by atoms with van der Waals surface area (Å²) in [5.41, 5.74) is 0. The maximum Gasteiger partial charge on any atom is 0.0601 e. The molecule has 0 aromatic carbocycles. The second kappa shape index (κ2) is 8.97. The van der Waals surface area contributed by atoms with Crippen LogP contribution in [0.25, 0.3) is 0 Å². The van der Waals surface area contributed by atoms with Crippen molar-refractivity contribution in [3.63, 3.8) is 0 Å². The summed E-state index contributed by atoms with van der Waals surface area (Å²) in [6.45, 7) is 8.64. The van der Waals surface area contributed by atoms with Gasteiger partial charge in [0.05, 0.1) is 19.3 Å². The first-order valence-electron chi connectivity index (χ1n) is 6.74. The minimum absolute atomic E-state index is 0.502. The highest BCUT2D eigenvalue weighted by Gasteiger charge is 2.21. The van der Waals surface area contributed by atoms with Crippen molar-refractivity contribution in [1.82, 2.24) is 5.32 Å². The highest BCUT2D eigenvalue weighted by atomic mass is 16.5. The van der Waals surface area contributed by atoms with Gasteiger partial charge in [0.15, 0.2) is 0 Å². The summed E-state index contributed by atoms with van der Waals surface area (Å²) in [6, 6.07) is 0. The van der Waals surface area contributed by atoms with E-state index in [0.29, 0.717) is 6.10 Å². The zero-order chi connectivity index (χ0) is 11.6. The number of hydrogen-bond acceptors (Lipinski definition) is 3. The number of rotatable bonds is 8. The van der Waals surface area contributed by atoms with Gasteiger partial charge >= 0.3 is 0 Å². The summed E-state index contributed by atoms with van der Waals surface area (Å²) in [6.07, 6.45) is 5.81. The molecule has 0 aliphatic heterocycles. The third kappa shape index (κ3) is 5.83. The lowest BCUT2D eigenvalue weighted by atomic mass is 9.88. The minimum atomic E-state index is 0.502. The zero-order valence-electron chi connectivity index (χ0n) is 10.8. The van der Waals surface area contributed by atoms with Crippen LogP contribution < -0.4 is 5.32 Å². The van der Waals surface area contributed by atoms with Crippen molar-refractivity contribution >= 4 is 0 Å². The molecule has 96 valence electrons. The molecule has 1 saturated carbocycles. The van der Waals surface area contributed by atoms with E-state index >= 15 is 0 Å². The molecule has 0 heterocycles. The SMILES string of the molecule is CCOCCNCCOC1CCCCC1C. The van der Waals surface area contributed by atoms with Crippen LogP contribution >= 0.6 is 0 Å². The Balaban J connectivity index is 1.90. The van der Waals surface area contributed by atoms with Crippen LogP contribution in [0.1, 0.15) is 39.5 Å². The van der Waals surface area contributed by atoms with Crippen molar-refractivity contribution in [1.29, 1.82) is 0 Å². The molecule has 1 N–H and O–H groups in total. The molecule has 0 bridgehead atoms. The van der Waals surface area contributed by atoms with Crippen LogP contribution in [-0.4, -0.2) is 39.0 Å². The smallest absolute Gasteiger partial charge is 0.0601 e. The molecule has 1 aliphatic carbocycles. The monoisotopic (exact) mass is 229 g/mol. The number of hydrogen-bond donors (Lipinski definition) is 1. The van der Waals surface area contributed by atoms with Crippen molar-refractivity contribution in [2.24, 2.45) is 5.92 Å². The molecular weight excluding hydrogens is 202 g/mol. The Hall–Kier alpha value is -0.120. The maximum absolute atomic E-state index is 5.90. The highest BCUT2D eigenvalue weighted by Crippen LogP contribution is 2.25. The Labute approximate surface area is 99.9 Å². The van der Waals surface area contributed by atoms with E-state index in [4.69, 9.17) is 9.47 Å². The first-order valence-corrected chi connectivity index (χ1v) is 6.74. The molecule has 1 rings (SSSR count). The zero-order valence-corrected chi connectivity index (χ0v) is 10.8. The van der Waals surface area contributed by atoms with Gasteiger partial charge in [-0.2, -0.15) is 0 Å². The van der Waals surface area contributed by atoms with Crippen molar-refractivity contribution in [2.45, 2.75) is 45.6 Å². The van der Waals surface area contributed by atoms with E-state index in [2.05, 4.69) is 12.2 Å². The third-order valence-electron chi connectivity index (χ3n) is 3.27. The maximum atomic E-state index is 5.90. The van der Waals surface area contributed by atoms with Crippen molar-refractivity contribution in [3.05, 3.63) is 0 Å². The van der Waals surface area contributed by atoms with Gasteiger partial charge in [-0.1, -0.05) is 19.8 Å². The Morgan fingerprint density at radius 3 is 2.62 bits per heavy atom. The summed E-state index contributed by atoms with van der Waals surface area (Å²) >= 11 is 0. The van der Waals surface area contributed by atoms with Gasteiger partial charge in [-0.25, -0.2) is 0 Å². The van der Waals surface area contributed by atoms with E-state index in [0.717, 1.165) is 38.8 Å². The summed E-state index contributed by atoms with van der Waals surface area (Å²) in [4.78, 5) is 0. The van der Waals surface area contributed by atoms with Crippen LogP contribution in [0.3, 0.4) is 0 Å². The molecule has 2 unspecified atom stereocenters. The molecule has 0 saturated heterocycles. The van der Waals surface area contributed by atoms with Gasteiger partial charge in [-0.3, -0.25) is 0 Å². The molecule has 0 amide bonds. The quantitative estimate of drug-likeness (QED) is 0.647. The van der Waals surface area contributed by atoms with Crippen LogP contribution in [0.2, 0.25) is 0 Å². The van der Waals surface area contributed by atoms with Crippen molar-refractivity contribution in [3.8, 4) is 0 Å². The van der Waals surface area contributed by atoms with Gasteiger partial charge in [-0.15, -0.1) is 0 Å². The van der Waals surface area contributed by atoms with Gasteiger partial charge in [0, 0.05) is 19.7 Å². The first-order chi connectivity index (χ1) is 7.84. The molecule has 3 heteroatoms. The average molecular weight is 229 g/mol. The van der Waals surface area contributed by atoms with E-state index in [9.17, 15) is 0 Å². The number of ether oxygens (including phenoxy) is 2. The molecule has 0 radical (unpaired) electrons. The van der Waals surface area contributed by atoms with E-state index in [1.807, 2.05) is 6.92 Å². The second-order valence-electron chi connectivity index (χ2n) is 4.62.